The van der Waals surface area contributed by atoms with E-state index >= 15 is 0 Å². The molecular formula is C12H21F3. The average Bonchev–Trinajstić information content (AvgIpc) is 2.14. The zero-order valence-corrected chi connectivity index (χ0v) is 9.50. The van der Waals surface area contributed by atoms with E-state index in [0.717, 1.165) is 19.3 Å². The van der Waals surface area contributed by atoms with Gasteiger partial charge in [-0.2, -0.15) is 13.2 Å². The molecule has 0 aliphatic heterocycles. The van der Waals surface area contributed by atoms with E-state index in [9.17, 15) is 13.2 Å². The molecule has 0 rings (SSSR count). The standard InChI is InChI=1S/C12H21F3/c1-3-4-5-6-7-8-9-10-11(2)12(13,14)15/h2-10H2,1H3. The molecule has 0 N–H and O–H groups in total. The molecule has 0 heterocycles. The molecule has 0 aliphatic carbocycles. The minimum atomic E-state index is -4.19. The first-order chi connectivity index (χ1) is 6.98. The fraction of sp³-hybridized carbons (Fsp3) is 0.833. The number of hydrogen-bond donors (Lipinski definition) is 0. The highest BCUT2D eigenvalue weighted by Crippen LogP contribution is 2.28. The molecule has 0 amide bonds. The summed E-state index contributed by atoms with van der Waals surface area (Å²) >= 11 is 0. The number of rotatable bonds is 8. The molecule has 0 aromatic rings. The van der Waals surface area contributed by atoms with Crippen molar-refractivity contribution in [3.05, 3.63) is 12.2 Å². The molecule has 3 heteroatoms. The molecule has 0 saturated carbocycles. The molecule has 90 valence electrons. The lowest BCUT2D eigenvalue weighted by Gasteiger charge is -2.09. The van der Waals surface area contributed by atoms with Gasteiger partial charge in [0.05, 0.1) is 0 Å². The van der Waals surface area contributed by atoms with E-state index in [0.29, 0.717) is 6.42 Å². The summed E-state index contributed by atoms with van der Waals surface area (Å²) < 4.78 is 36.1. The molecule has 0 bridgehead atoms. The van der Waals surface area contributed by atoms with Gasteiger partial charge < -0.3 is 0 Å². The molecule has 0 fully saturated rings. The van der Waals surface area contributed by atoms with Crippen molar-refractivity contribution in [2.24, 2.45) is 0 Å². The van der Waals surface area contributed by atoms with Gasteiger partial charge in [-0.15, -0.1) is 0 Å². The first kappa shape index (κ1) is 14.5. The maximum absolute atomic E-state index is 12.0. The smallest absolute Gasteiger partial charge is 0.167 e. The predicted octanol–water partition coefficient (Wildman–Crippen LogP) is 5.25. The van der Waals surface area contributed by atoms with E-state index in [4.69, 9.17) is 0 Å². The number of hydrogen-bond acceptors (Lipinski definition) is 0. The molecule has 0 aromatic heterocycles. The van der Waals surface area contributed by atoms with E-state index in [-0.39, 0.29) is 6.42 Å². The molecule has 0 spiro atoms. The monoisotopic (exact) mass is 222 g/mol. The second-order valence-electron chi connectivity index (χ2n) is 3.97. The van der Waals surface area contributed by atoms with Crippen LogP contribution in [0.5, 0.6) is 0 Å². The summed E-state index contributed by atoms with van der Waals surface area (Å²) in [6, 6.07) is 0. The predicted molar refractivity (Wildman–Crippen MR) is 57.8 cm³/mol. The highest BCUT2D eigenvalue weighted by molar-refractivity contribution is 5.01. The van der Waals surface area contributed by atoms with E-state index in [1.54, 1.807) is 0 Å². The lowest BCUT2D eigenvalue weighted by atomic mass is 10.1. The van der Waals surface area contributed by atoms with E-state index in [1.165, 1.54) is 19.3 Å². The number of alkyl halides is 3. The maximum atomic E-state index is 12.0. The Kier molecular flexibility index (Phi) is 7.53. The van der Waals surface area contributed by atoms with Crippen molar-refractivity contribution < 1.29 is 13.2 Å². The molecular weight excluding hydrogens is 201 g/mol. The van der Waals surface area contributed by atoms with Crippen molar-refractivity contribution in [3.63, 3.8) is 0 Å². The molecule has 0 aliphatic rings. The van der Waals surface area contributed by atoms with Gasteiger partial charge in [0, 0.05) is 5.57 Å². The van der Waals surface area contributed by atoms with Crippen molar-refractivity contribution in [3.8, 4) is 0 Å². The molecule has 15 heavy (non-hydrogen) atoms. The first-order valence-corrected chi connectivity index (χ1v) is 5.73. The second-order valence-corrected chi connectivity index (χ2v) is 3.97. The van der Waals surface area contributed by atoms with Gasteiger partial charge in [-0.3, -0.25) is 0 Å². The second kappa shape index (κ2) is 7.77. The van der Waals surface area contributed by atoms with Gasteiger partial charge in [0.2, 0.25) is 0 Å². The van der Waals surface area contributed by atoms with Crippen LogP contribution in [-0.2, 0) is 0 Å². The Balaban J connectivity index is 3.28. The van der Waals surface area contributed by atoms with Crippen molar-refractivity contribution >= 4 is 0 Å². The zero-order chi connectivity index (χ0) is 11.7. The van der Waals surface area contributed by atoms with Crippen molar-refractivity contribution in [2.75, 3.05) is 0 Å². The topological polar surface area (TPSA) is 0 Å². The summed E-state index contributed by atoms with van der Waals surface area (Å²) in [6.07, 6.45) is 3.23. The summed E-state index contributed by atoms with van der Waals surface area (Å²) in [4.78, 5) is 0. The average molecular weight is 222 g/mol. The van der Waals surface area contributed by atoms with Crippen molar-refractivity contribution in [2.45, 2.75) is 64.5 Å². The molecule has 0 radical (unpaired) electrons. The first-order valence-electron chi connectivity index (χ1n) is 5.73. The van der Waals surface area contributed by atoms with Gasteiger partial charge in [0.1, 0.15) is 0 Å². The van der Waals surface area contributed by atoms with Gasteiger partial charge in [-0.1, -0.05) is 52.0 Å². The minimum absolute atomic E-state index is 0.0945. The Bertz CT molecular complexity index is 170. The maximum Gasteiger partial charge on any atom is 0.412 e. The third kappa shape index (κ3) is 8.52. The minimum Gasteiger partial charge on any atom is -0.167 e. The van der Waals surface area contributed by atoms with Crippen LogP contribution in [0, 0.1) is 0 Å². The zero-order valence-electron chi connectivity index (χ0n) is 9.50. The van der Waals surface area contributed by atoms with E-state index < -0.39 is 11.7 Å². The van der Waals surface area contributed by atoms with Crippen LogP contribution in [0.15, 0.2) is 12.2 Å². The van der Waals surface area contributed by atoms with Gasteiger partial charge in [0.25, 0.3) is 0 Å². The molecule has 0 nitrogen and oxygen atoms in total. The number of unbranched alkanes of at least 4 members (excludes halogenated alkanes) is 6. The van der Waals surface area contributed by atoms with Crippen LogP contribution in [0.3, 0.4) is 0 Å². The van der Waals surface area contributed by atoms with Gasteiger partial charge in [-0.25, -0.2) is 0 Å². The summed E-state index contributed by atoms with van der Waals surface area (Å²) in [6.45, 7) is 5.19. The normalized spacial score (nSPS) is 11.7. The third-order valence-electron chi connectivity index (χ3n) is 2.48. The Morgan fingerprint density at radius 1 is 0.933 bits per heavy atom. The highest BCUT2D eigenvalue weighted by atomic mass is 19.4. The van der Waals surface area contributed by atoms with Gasteiger partial charge in [-0.05, 0) is 12.8 Å². The Labute approximate surface area is 90.6 Å². The largest absolute Gasteiger partial charge is 0.412 e. The van der Waals surface area contributed by atoms with Crippen LogP contribution in [0.4, 0.5) is 13.2 Å². The molecule has 0 saturated heterocycles. The van der Waals surface area contributed by atoms with E-state index in [1.807, 2.05) is 0 Å². The number of halogens is 3. The summed E-state index contributed by atoms with van der Waals surface area (Å²) in [5.41, 5.74) is -0.587. The van der Waals surface area contributed by atoms with Crippen molar-refractivity contribution in [1.82, 2.24) is 0 Å². The Morgan fingerprint density at radius 2 is 1.40 bits per heavy atom. The van der Waals surface area contributed by atoms with E-state index in [2.05, 4.69) is 13.5 Å². The lowest BCUT2D eigenvalue weighted by Crippen LogP contribution is -2.10. The summed E-state index contributed by atoms with van der Waals surface area (Å²) in [7, 11) is 0. The van der Waals surface area contributed by atoms with Crippen LogP contribution in [0.2, 0.25) is 0 Å². The Morgan fingerprint density at radius 3 is 1.87 bits per heavy atom. The molecule has 0 unspecified atom stereocenters. The van der Waals surface area contributed by atoms with Gasteiger partial charge in [0.15, 0.2) is 0 Å². The summed E-state index contributed by atoms with van der Waals surface area (Å²) in [5, 5.41) is 0. The number of allylic oxidation sites excluding steroid dienone is 1. The molecule has 0 atom stereocenters. The molecule has 0 aromatic carbocycles. The fourth-order valence-corrected chi connectivity index (χ4v) is 1.44. The van der Waals surface area contributed by atoms with Crippen LogP contribution >= 0.6 is 0 Å². The summed E-state index contributed by atoms with van der Waals surface area (Å²) in [5.74, 6) is 0. The van der Waals surface area contributed by atoms with Crippen LogP contribution in [0.1, 0.15) is 58.3 Å². The van der Waals surface area contributed by atoms with Crippen LogP contribution < -0.4 is 0 Å². The van der Waals surface area contributed by atoms with Gasteiger partial charge >= 0.3 is 6.18 Å². The van der Waals surface area contributed by atoms with Crippen LogP contribution in [-0.4, -0.2) is 6.18 Å². The highest BCUT2D eigenvalue weighted by Gasteiger charge is 2.30. The van der Waals surface area contributed by atoms with Crippen molar-refractivity contribution in [1.29, 1.82) is 0 Å². The fourth-order valence-electron chi connectivity index (χ4n) is 1.44. The quantitative estimate of drug-likeness (QED) is 0.389. The third-order valence-corrected chi connectivity index (χ3v) is 2.48. The van der Waals surface area contributed by atoms with Crippen LogP contribution in [0.25, 0.3) is 0 Å². The Hall–Kier alpha value is -0.470. The lowest BCUT2D eigenvalue weighted by molar-refractivity contribution is -0.0937. The SMILES string of the molecule is C=C(CCCCCCCCC)C(F)(F)F.